The molecule has 0 unspecified atom stereocenters. The van der Waals surface area contributed by atoms with Gasteiger partial charge in [0.2, 0.25) is 0 Å². The number of hydrogen-bond donors (Lipinski definition) is 0. The first kappa shape index (κ1) is 15.2. The van der Waals surface area contributed by atoms with E-state index < -0.39 is 5.60 Å². The van der Waals surface area contributed by atoms with Gasteiger partial charge in [0.1, 0.15) is 5.60 Å². The van der Waals surface area contributed by atoms with E-state index in [2.05, 4.69) is 6.07 Å². The topological polar surface area (TPSA) is 53.3 Å². The van der Waals surface area contributed by atoms with E-state index in [0.29, 0.717) is 0 Å². The fourth-order valence-corrected chi connectivity index (χ4v) is 3.46. The summed E-state index contributed by atoms with van der Waals surface area (Å²) in [5.74, 6) is 0.220. The predicted molar refractivity (Wildman–Crippen MR) is 77.0 cm³/mol. The van der Waals surface area contributed by atoms with E-state index in [1.165, 1.54) is 6.42 Å². The minimum Gasteiger partial charge on any atom is -0.444 e. The second-order valence-electron chi connectivity index (χ2n) is 7.41. The van der Waals surface area contributed by atoms with Gasteiger partial charge in [0, 0.05) is 19.0 Å². The number of likely N-dealkylation sites (tertiary alicyclic amines) is 1. The van der Waals surface area contributed by atoms with E-state index in [9.17, 15) is 4.79 Å². The van der Waals surface area contributed by atoms with Crippen LogP contribution in [-0.4, -0.2) is 29.7 Å². The molecule has 0 aromatic carbocycles. The fraction of sp³-hybridized carbons (Fsp3) is 0.875. The van der Waals surface area contributed by atoms with E-state index in [1.807, 2.05) is 25.7 Å². The number of nitrogens with zero attached hydrogens (tertiary/aromatic N) is 2. The van der Waals surface area contributed by atoms with E-state index in [-0.39, 0.29) is 17.4 Å². The van der Waals surface area contributed by atoms with Gasteiger partial charge in [-0.25, -0.2) is 4.79 Å². The second kappa shape index (κ2) is 5.63. The summed E-state index contributed by atoms with van der Waals surface area (Å²) in [6.45, 7) is 7.33. The van der Waals surface area contributed by atoms with Crippen molar-refractivity contribution in [3.63, 3.8) is 0 Å². The SMILES string of the molecule is CC(C)(C)OC(=O)N1CCCC2(CCC(C#N)CC2)C1. The average molecular weight is 278 g/mol. The lowest BCUT2D eigenvalue weighted by Crippen LogP contribution is -2.48. The lowest BCUT2D eigenvalue weighted by molar-refractivity contribution is -0.00527. The molecule has 0 bridgehead atoms. The Balaban J connectivity index is 1.95. The van der Waals surface area contributed by atoms with Crippen molar-refractivity contribution in [2.24, 2.45) is 11.3 Å². The highest BCUT2D eigenvalue weighted by atomic mass is 16.6. The maximum Gasteiger partial charge on any atom is 0.410 e. The first-order valence-corrected chi connectivity index (χ1v) is 7.71. The number of ether oxygens (including phenoxy) is 1. The van der Waals surface area contributed by atoms with E-state index >= 15 is 0 Å². The van der Waals surface area contributed by atoms with Crippen molar-refractivity contribution in [3.8, 4) is 6.07 Å². The van der Waals surface area contributed by atoms with Gasteiger partial charge in [-0.15, -0.1) is 0 Å². The quantitative estimate of drug-likeness (QED) is 0.678. The molecule has 0 radical (unpaired) electrons. The first-order valence-electron chi connectivity index (χ1n) is 7.71. The molecule has 20 heavy (non-hydrogen) atoms. The highest BCUT2D eigenvalue weighted by Gasteiger charge is 2.40. The minimum atomic E-state index is -0.430. The number of amides is 1. The Bertz CT molecular complexity index is 398. The molecule has 1 spiro atoms. The van der Waals surface area contributed by atoms with Gasteiger partial charge in [-0.05, 0) is 64.7 Å². The van der Waals surface area contributed by atoms with Gasteiger partial charge in [-0.3, -0.25) is 0 Å². The Labute approximate surface area is 122 Å². The Hall–Kier alpha value is -1.24. The van der Waals surface area contributed by atoms with Crippen molar-refractivity contribution in [1.29, 1.82) is 5.26 Å². The van der Waals surface area contributed by atoms with Crippen LogP contribution in [0.1, 0.15) is 59.3 Å². The monoisotopic (exact) mass is 278 g/mol. The summed E-state index contributed by atoms with van der Waals surface area (Å²) in [5, 5.41) is 9.01. The molecular weight excluding hydrogens is 252 g/mol. The van der Waals surface area contributed by atoms with E-state index in [4.69, 9.17) is 10.00 Å². The van der Waals surface area contributed by atoms with Gasteiger partial charge in [0.25, 0.3) is 0 Å². The zero-order valence-electron chi connectivity index (χ0n) is 12.9. The number of hydrogen-bond acceptors (Lipinski definition) is 3. The zero-order chi connectivity index (χ0) is 14.8. The second-order valence-corrected chi connectivity index (χ2v) is 7.41. The van der Waals surface area contributed by atoms with Crippen LogP contribution in [0.3, 0.4) is 0 Å². The molecular formula is C16H26N2O2. The molecule has 2 fully saturated rings. The van der Waals surface area contributed by atoms with Crippen LogP contribution in [0.4, 0.5) is 4.79 Å². The van der Waals surface area contributed by atoms with Crippen molar-refractivity contribution >= 4 is 6.09 Å². The number of carbonyl (C=O) groups is 1. The molecule has 112 valence electrons. The van der Waals surface area contributed by atoms with Gasteiger partial charge < -0.3 is 9.64 Å². The molecule has 0 N–H and O–H groups in total. The van der Waals surface area contributed by atoms with Crippen molar-refractivity contribution in [3.05, 3.63) is 0 Å². The van der Waals surface area contributed by atoms with Gasteiger partial charge in [-0.2, -0.15) is 5.26 Å². The predicted octanol–water partition coefficient (Wildman–Crippen LogP) is 3.72. The molecule has 1 saturated heterocycles. The molecule has 1 saturated carbocycles. The van der Waals surface area contributed by atoms with Gasteiger partial charge in [0.05, 0.1) is 6.07 Å². The van der Waals surface area contributed by atoms with Crippen LogP contribution in [0.2, 0.25) is 0 Å². The van der Waals surface area contributed by atoms with Crippen LogP contribution >= 0.6 is 0 Å². The van der Waals surface area contributed by atoms with Crippen molar-refractivity contribution < 1.29 is 9.53 Å². The van der Waals surface area contributed by atoms with E-state index in [0.717, 1.165) is 45.2 Å². The third-order valence-corrected chi connectivity index (χ3v) is 4.54. The number of carbonyl (C=O) groups excluding carboxylic acids is 1. The first-order chi connectivity index (χ1) is 9.34. The van der Waals surface area contributed by atoms with Gasteiger partial charge in [-0.1, -0.05) is 0 Å². The summed E-state index contributed by atoms with van der Waals surface area (Å²) in [6, 6.07) is 2.39. The highest BCUT2D eigenvalue weighted by molar-refractivity contribution is 5.68. The Kier molecular flexibility index (Phi) is 4.27. The molecule has 1 heterocycles. The standard InChI is InChI=1S/C16H26N2O2/c1-15(2,3)20-14(19)18-10-4-7-16(12-18)8-5-13(11-17)6-9-16/h13H,4-10,12H2,1-3H3. The Morgan fingerprint density at radius 2 is 1.95 bits per heavy atom. The summed E-state index contributed by atoms with van der Waals surface area (Å²) in [7, 11) is 0. The molecule has 4 heteroatoms. The third kappa shape index (κ3) is 3.65. The largest absolute Gasteiger partial charge is 0.444 e. The minimum absolute atomic E-state index is 0.181. The smallest absolute Gasteiger partial charge is 0.410 e. The summed E-state index contributed by atoms with van der Waals surface area (Å²) < 4.78 is 5.49. The Morgan fingerprint density at radius 3 is 2.50 bits per heavy atom. The molecule has 2 aliphatic rings. The molecule has 0 aromatic heterocycles. The zero-order valence-corrected chi connectivity index (χ0v) is 12.9. The summed E-state index contributed by atoms with van der Waals surface area (Å²) in [4.78, 5) is 14.1. The fourth-order valence-electron chi connectivity index (χ4n) is 3.46. The Morgan fingerprint density at radius 1 is 1.30 bits per heavy atom. The maximum absolute atomic E-state index is 12.2. The molecule has 0 aromatic rings. The van der Waals surface area contributed by atoms with Crippen LogP contribution in [0.25, 0.3) is 0 Å². The summed E-state index contributed by atoms with van der Waals surface area (Å²) >= 11 is 0. The highest BCUT2D eigenvalue weighted by Crippen LogP contribution is 2.45. The van der Waals surface area contributed by atoms with Crippen LogP contribution in [0, 0.1) is 22.7 Å². The molecule has 1 aliphatic carbocycles. The van der Waals surface area contributed by atoms with Crippen LogP contribution in [-0.2, 0) is 4.74 Å². The maximum atomic E-state index is 12.2. The number of piperidine rings is 1. The van der Waals surface area contributed by atoms with Crippen molar-refractivity contribution in [2.75, 3.05) is 13.1 Å². The van der Waals surface area contributed by atoms with Crippen LogP contribution in [0.15, 0.2) is 0 Å². The summed E-state index contributed by atoms with van der Waals surface area (Å²) in [6.07, 6.45) is 6.17. The molecule has 2 rings (SSSR count). The normalized spacial score (nSPS) is 30.9. The van der Waals surface area contributed by atoms with Crippen molar-refractivity contribution in [1.82, 2.24) is 4.90 Å². The van der Waals surface area contributed by atoms with Crippen LogP contribution in [0.5, 0.6) is 0 Å². The lowest BCUT2D eigenvalue weighted by atomic mass is 9.67. The third-order valence-electron chi connectivity index (χ3n) is 4.54. The lowest BCUT2D eigenvalue weighted by Gasteiger charge is -2.46. The number of nitriles is 1. The van der Waals surface area contributed by atoms with E-state index in [1.54, 1.807) is 0 Å². The molecule has 0 atom stereocenters. The van der Waals surface area contributed by atoms with Gasteiger partial charge >= 0.3 is 6.09 Å². The van der Waals surface area contributed by atoms with Gasteiger partial charge in [0.15, 0.2) is 0 Å². The molecule has 1 aliphatic heterocycles. The summed E-state index contributed by atoms with van der Waals surface area (Å²) in [5.41, 5.74) is -0.192. The number of rotatable bonds is 0. The van der Waals surface area contributed by atoms with Crippen molar-refractivity contribution in [2.45, 2.75) is 64.9 Å². The molecule has 4 nitrogen and oxygen atoms in total. The average Bonchev–Trinajstić information content (AvgIpc) is 2.38. The van der Waals surface area contributed by atoms with Crippen LogP contribution < -0.4 is 0 Å². The molecule has 1 amide bonds.